The van der Waals surface area contributed by atoms with Gasteiger partial charge in [0.15, 0.2) is 0 Å². The molecule has 0 atom stereocenters. The van der Waals surface area contributed by atoms with E-state index in [2.05, 4.69) is 45.9 Å². The summed E-state index contributed by atoms with van der Waals surface area (Å²) in [5.41, 5.74) is 2.90. The molecule has 4 heterocycles. The van der Waals surface area contributed by atoms with E-state index in [-0.39, 0.29) is 0 Å². The minimum Gasteiger partial charge on any atom is -0.439 e. The second-order valence-corrected chi connectivity index (χ2v) is 7.13. The van der Waals surface area contributed by atoms with Gasteiger partial charge in [0, 0.05) is 33.3 Å². The van der Waals surface area contributed by atoms with Gasteiger partial charge in [0.1, 0.15) is 10.4 Å². The Morgan fingerprint density at radius 1 is 0.800 bits per heavy atom. The van der Waals surface area contributed by atoms with E-state index in [9.17, 15) is 0 Å². The summed E-state index contributed by atoms with van der Waals surface area (Å²) in [5, 5.41) is 4.92. The van der Waals surface area contributed by atoms with E-state index in [1.54, 1.807) is 11.3 Å². The average Bonchev–Trinajstić information content (AvgIpc) is 3.29. The number of thiophene rings is 1. The van der Waals surface area contributed by atoms with Gasteiger partial charge in [0.25, 0.3) is 0 Å². The summed E-state index contributed by atoms with van der Waals surface area (Å²) in [4.78, 5) is 5.38. The van der Waals surface area contributed by atoms with E-state index in [0.29, 0.717) is 0 Å². The molecule has 0 spiro atoms. The summed E-state index contributed by atoms with van der Waals surface area (Å²) < 4.78 is 9.79. The first-order chi connectivity index (χ1) is 12.4. The van der Waals surface area contributed by atoms with Gasteiger partial charge < -0.3 is 4.42 Å². The fourth-order valence-electron chi connectivity index (χ4n) is 3.68. The highest BCUT2D eigenvalue weighted by Crippen LogP contribution is 2.45. The van der Waals surface area contributed by atoms with E-state index in [1.165, 1.54) is 31.1 Å². The standard InChI is InChI=1S/C21H12N2OS/c1-3-7-16-14(5-1)18-19-15-6-2-4-8-17(15)25-21(19)23(20(18)24-16)13-9-11-22-12-10-13/h1-12H. The second kappa shape index (κ2) is 4.71. The quantitative estimate of drug-likeness (QED) is 0.360. The Morgan fingerprint density at radius 2 is 1.56 bits per heavy atom. The van der Waals surface area contributed by atoms with Crippen LogP contribution in [0.1, 0.15) is 0 Å². The zero-order valence-electron chi connectivity index (χ0n) is 13.1. The molecule has 0 unspecified atom stereocenters. The third-order valence-corrected chi connectivity index (χ3v) is 5.89. The Labute approximate surface area is 146 Å². The summed E-state index contributed by atoms with van der Waals surface area (Å²) in [6, 6.07) is 20.9. The lowest BCUT2D eigenvalue weighted by molar-refractivity contribution is 0.646. The molecule has 6 aromatic rings. The van der Waals surface area contributed by atoms with Crippen molar-refractivity contribution in [2.24, 2.45) is 0 Å². The van der Waals surface area contributed by atoms with Crippen molar-refractivity contribution in [2.45, 2.75) is 0 Å². The molecular weight excluding hydrogens is 328 g/mol. The first-order valence-corrected chi connectivity index (χ1v) is 8.97. The van der Waals surface area contributed by atoms with Crippen molar-refractivity contribution < 1.29 is 4.42 Å². The van der Waals surface area contributed by atoms with Gasteiger partial charge in [-0.25, -0.2) is 0 Å². The number of para-hydroxylation sites is 1. The predicted octanol–water partition coefficient (Wildman–Crippen LogP) is 6.14. The number of pyridine rings is 1. The number of hydrogen-bond donors (Lipinski definition) is 0. The number of furan rings is 1. The molecule has 3 nitrogen and oxygen atoms in total. The molecule has 25 heavy (non-hydrogen) atoms. The van der Waals surface area contributed by atoms with Crippen LogP contribution in [0.15, 0.2) is 77.5 Å². The molecule has 0 aliphatic rings. The Bertz CT molecular complexity index is 1300. The molecule has 0 aliphatic carbocycles. The summed E-state index contributed by atoms with van der Waals surface area (Å²) in [6.07, 6.45) is 3.64. The van der Waals surface area contributed by atoms with E-state index < -0.39 is 0 Å². The first kappa shape index (κ1) is 13.2. The zero-order valence-corrected chi connectivity index (χ0v) is 14.0. The SMILES string of the molecule is c1ccc2c(c1)oc1c2c2c3ccccc3sc2n1-c1ccncc1. The summed E-state index contributed by atoms with van der Waals surface area (Å²) in [5.74, 6) is 0. The maximum absolute atomic E-state index is 6.28. The number of nitrogens with zero attached hydrogens (tertiary/aromatic N) is 2. The monoisotopic (exact) mass is 340 g/mol. The predicted molar refractivity (Wildman–Crippen MR) is 104 cm³/mol. The van der Waals surface area contributed by atoms with Crippen LogP contribution in [0.4, 0.5) is 0 Å². The largest absolute Gasteiger partial charge is 0.439 e. The van der Waals surface area contributed by atoms with Crippen molar-refractivity contribution in [3.05, 3.63) is 73.1 Å². The average molecular weight is 340 g/mol. The first-order valence-electron chi connectivity index (χ1n) is 8.15. The van der Waals surface area contributed by atoms with Crippen molar-refractivity contribution in [2.75, 3.05) is 0 Å². The van der Waals surface area contributed by atoms with Gasteiger partial charge in [-0.1, -0.05) is 36.4 Å². The van der Waals surface area contributed by atoms with Crippen molar-refractivity contribution in [1.82, 2.24) is 9.55 Å². The Morgan fingerprint density at radius 3 is 2.44 bits per heavy atom. The zero-order chi connectivity index (χ0) is 16.4. The number of rotatable bonds is 1. The van der Waals surface area contributed by atoms with Crippen LogP contribution >= 0.6 is 11.3 Å². The highest BCUT2D eigenvalue weighted by molar-refractivity contribution is 7.25. The molecule has 0 aliphatic heterocycles. The maximum atomic E-state index is 6.28. The van der Waals surface area contributed by atoms with E-state index in [1.807, 2.05) is 36.7 Å². The molecular formula is C21H12N2OS. The normalized spacial score (nSPS) is 12.0. The van der Waals surface area contributed by atoms with Crippen LogP contribution < -0.4 is 0 Å². The molecule has 4 heteroatoms. The topological polar surface area (TPSA) is 31.0 Å². The van der Waals surface area contributed by atoms with Crippen LogP contribution in [0.25, 0.3) is 48.1 Å². The lowest BCUT2D eigenvalue weighted by atomic mass is 10.1. The maximum Gasteiger partial charge on any atom is 0.214 e. The third-order valence-electron chi connectivity index (χ3n) is 4.73. The molecule has 0 saturated carbocycles. The number of benzene rings is 2. The number of hydrogen-bond acceptors (Lipinski definition) is 3. The van der Waals surface area contributed by atoms with Crippen LogP contribution in [0, 0.1) is 0 Å². The van der Waals surface area contributed by atoms with Crippen LogP contribution in [-0.4, -0.2) is 9.55 Å². The van der Waals surface area contributed by atoms with Gasteiger partial charge >= 0.3 is 0 Å². The highest BCUT2D eigenvalue weighted by atomic mass is 32.1. The van der Waals surface area contributed by atoms with Crippen molar-refractivity contribution in [3.8, 4) is 5.69 Å². The van der Waals surface area contributed by atoms with Gasteiger partial charge in [-0.3, -0.25) is 9.55 Å². The van der Waals surface area contributed by atoms with Crippen LogP contribution in [0.3, 0.4) is 0 Å². The third kappa shape index (κ3) is 1.67. The van der Waals surface area contributed by atoms with Gasteiger partial charge in [0.05, 0.1) is 11.1 Å². The number of fused-ring (bicyclic) bond motifs is 7. The fraction of sp³-hybridized carbons (Fsp3) is 0. The van der Waals surface area contributed by atoms with Crippen LogP contribution in [0.5, 0.6) is 0 Å². The van der Waals surface area contributed by atoms with E-state index in [4.69, 9.17) is 4.42 Å². The Hall–Kier alpha value is -3.11. The molecule has 4 aromatic heterocycles. The molecule has 6 rings (SSSR count). The van der Waals surface area contributed by atoms with Crippen molar-refractivity contribution in [1.29, 1.82) is 0 Å². The lowest BCUT2D eigenvalue weighted by Crippen LogP contribution is -1.91. The van der Waals surface area contributed by atoms with Crippen molar-refractivity contribution >= 4 is 53.7 Å². The molecule has 118 valence electrons. The van der Waals surface area contributed by atoms with Crippen molar-refractivity contribution in [3.63, 3.8) is 0 Å². The van der Waals surface area contributed by atoms with Crippen LogP contribution in [0.2, 0.25) is 0 Å². The fourth-order valence-corrected chi connectivity index (χ4v) is 4.91. The smallest absolute Gasteiger partial charge is 0.214 e. The van der Waals surface area contributed by atoms with Gasteiger partial charge in [-0.05, 0) is 24.3 Å². The second-order valence-electron chi connectivity index (χ2n) is 6.10. The Balaban J connectivity index is 1.95. The molecule has 0 saturated heterocycles. The van der Waals surface area contributed by atoms with Gasteiger partial charge in [-0.2, -0.15) is 0 Å². The van der Waals surface area contributed by atoms with E-state index >= 15 is 0 Å². The Kier molecular flexibility index (Phi) is 2.49. The van der Waals surface area contributed by atoms with Crippen LogP contribution in [-0.2, 0) is 0 Å². The molecule has 2 aromatic carbocycles. The molecule has 0 radical (unpaired) electrons. The molecule has 0 N–H and O–H groups in total. The van der Waals surface area contributed by atoms with E-state index in [0.717, 1.165) is 17.0 Å². The summed E-state index contributed by atoms with van der Waals surface area (Å²) in [6.45, 7) is 0. The summed E-state index contributed by atoms with van der Waals surface area (Å²) >= 11 is 1.80. The van der Waals surface area contributed by atoms with Gasteiger partial charge in [-0.15, -0.1) is 11.3 Å². The van der Waals surface area contributed by atoms with Gasteiger partial charge in [0.2, 0.25) is 5.71 Å². The summed E-state index contributed by atoms with van der Waals surface area (Å²) in [7, 11) is 0. The molecule has 0 amide bonds. The minimum atomic E-state index is 0.902. The minimum absolute atomic E-state index is 0.902. The molecule has 0 bridgehead atoms. The molecule has 0 fully saturated rings. The lowest BCUT2D eigenvalue weighted by Gasteiger charge is -2.03. The highest BCUT2D eigenvalue weighted by Gasteiger charge is 2.22. The number of aromatic nitrogens is 2.